The van der Waals surface area contributed by atoms with Gasteiger partial charge in [0, 0.05) is 0 Å². The summed E-state index contributed by atoms with van der Waals surface area (Å²) < 4.78 is 57.8. The van der Waals surface area contributed by atoms with Gasteiger partial charge in [0.2, 0.25) is 0 Å². The van der Waals surface area contributed by atoms with Crippen molar-refractivity contribution in [2.75, 3.05) is 0 Å². The van der Waals surface area contributed by atoms with Crippen molar-refractivity contribution in [2.24, 2.45) is 0 Å². The Balaban J connectivity index is 4.30. The molecule has 0 aromatic heterocycles. The quantitative estimate of drug-likeness (QED) is 0.421. The Bertz CT molecular complexity index is 179. The third-order valence-electron chi connectivity index (χ3n) is 0.902. The Kier molecular flexibility index (Phi) is 2.85. The first kappa shape index (κ1) is 10.2. The molecule has 11 heavy (non-hydrogen) atoms. The molecule has 0 spiro atoms. The second-order valence-corrected chi connectivity index (χ2v) is 1.81. The van der Waals surface area contributed by atoms with Gasteiger partial charge in [0.25, 0.3) is 0 Å². The van der Waals surface area contributed by atoms with Crippen molar-refractivity contribution in [1.82, 2.24) is 0 Å². The lowest BCUT2D eigenvalue weighted by molar-refractivity contribution is -0.279. The predicted octanol–water partition coefficient (Wildman–Crippen LogP) is 2.60. The molecular weight excluding hydrogens is 167 g/mol. The van der Waals surface area contributed by atoms with Crippen LogP contribution in [-0.4, -0.2) is 12.1 Å². The summed E-state index contributed by atoms with van der Waals surface area (Å²) in [6.07, 6.45) is -6.95. The van der Waals surface area contributed by atoms with E-state index in [-0.39, 0.29) is 0 Å². The fraction of sp³-hybridized carbons (Fsp3) is 0.667. The van der Waals surface area contributed by atoms with E-state index < -0.39 is 18.5 Å². The van der Waals surface area contributed by atoms with Gasteiger partial charge in [-0.3, -0.25) is 0 Å². The molecule has 0 heterocycles. The molecule has 0 fully saturated rings. The molecule has 0 aliphatic rings. The van der Waals surface area contributed by atoms with Crippen LogP contribution < -0.4 is 0 Å². The molecule has 0 unspecified atom stereocenters. The Morgan fingerprint density at radius 3 is 1.82 bits per heavy atom. The van der Waals surface area contributed by atoms with E-state index in [9.17, 15) is 22.0 Å². The zero-order valence-corrected chi connectivity index (χ0v) is 5.60. The molecule has 5 heteroatoms. The first-order valence-corrected chi connectivity index (χ1v) is 2.65. The van der Waals surface area contributed by atoms with Crippen molar-refractivity contribution in [3.8, 4) is 11.8 Å². The fourth-order valence-electron chi connectivity index (χ4n) is 0.300. The second-order valence-electron chi connectivity index (χ2n) is 1.81. The van der Waals surface area contributed by atoms with Crippen LogP contribution >= 0.6 is 0 Å². The summed E-state index contributed by atoms with van der Waals surface area (Å²) in [6, 6.07) is 0. The van der Waals surface area contributed by atoms with Crippen molar-refractivity contribution in [2.45, 2.75) is 25.4 Å². The fourth-order valence-corrected chi connectivity index (χ4v) is 0.300. The molecule has 0 atom stereocenters. The van der Waals surface area contributed by atoms with E-state index in [1.54, 1.807) is 5.92 Å². The van der Waals surface area contributed by atoms with Crippen LogP contribution in [0.2, 0.25) is 0 Å². The summed E-state index contributed by atoms with van der Waals surface area (Å²) in [7, 11) is 0. The van der Waals surface area contributed by atoms with Crippen molar-refractivity contribution >= 4 is 0 Å². The maximum Gasteiger partial charge on any atom is 0.454 e. The van der Waals surface area contributed by atoms with Gasteiger partial charge in [-0.1, -0.05) is 5.92 Å². The Labute approximate surface area is 60.4 Å². The van der Waals surface area contributed by atoms with Gasteiger partial charge in [0.05, 0.1) is 6.42 Å². The summed E-state index contributed by atoms with van der Waals surface area (Å²) in [4.78, 5) is 0. The largest absolute Gasteiger partial charge is 0.454 e. The van der Waals surface area contributed by atoms with Crippen LogP contribution in [-0.2, 0) is 0 Å². The summed E-state index contributed by atoms with van der Waals surface area (Å²) in [5.41, 5.74) is 0. The van der Waals surface area contributed by atoms with Crippen molar-refractivity contribution in [3.05, 3.63) is 0 Å². The first-order chi connectivity index (χ1) is 4.81. The van der Waals surface area contributed by atoms with E-state index in [0.717, 1.165) is 0 Å². The summed E-state index contributed by atoms with van der Waals surface area (Å²) >= 11 is 0. The highest BCUT2D eigenvalue weighted by Gasteiger charge is 2.56. The van der Waals surface area contributed by atoms with Crippen LogP contribution in [0, 0.1) is 11.8 Å². The molecule has 0 N–H and O–H groups in total. The van der Waals surface area contributed by atoms with Gasteiger partial charge in [0.1, 0.15) is 0 Å². The van der Waals surface area contributed by atoms with Crippen molar-refractivity contribution < 1.29 is 22.0 Å². The van der Waals surface area contributed by atoms with E-state index >= 15 is 0 Å². The third kappa shape index (κ3) is 2.74. The van der Waals surface area contributed by atoms with Crippen molar-refractivity contribution in [1.29, 1.82) is 0 Å². The van der Waals surface area contributed by atoms with E-state index in [4.69, 9.17) is 0 Å². The molecule has 0 rings (SSSR count). The standard InChI is InChI=1S/C6H5F5/c1-2-3-4-5(7,8)6(9,10)11/h4H2,1H3. The number of rotatable bonds is 1. The minimum Gasteiger partial charge on any atom is -0.195 e. The van der Waals surface area contributed by atoms with Gasteiger partial charge in [-0.25, -0.2) is 0 Å². The predicted molar refractivity (Wildman–Crippen MR) is 29.1 cm³/mol. The number of hydrogen-bond acceptors (Lipinski definition) is 0. The summed E-state index contributed by atoms with van der Waals surface area (Å²) in [6.45, 7) is 1.20. The van der Waals surface area contributed by atoms with Gasteiger partial charge in [0.15, 0.2) is 0 Å². The van der Waals surface area contributed by atoms with E-state index in [0.29, 0.717) is 0 Å². The van der Waals surface area contributed by atoms with Gasteiger partial charge < -0.3 is 0 Å². The Morgan fingerprint density at radius 1 is 1.09 bits per heavy atom. The van der Waals surface area contributed by atoms with Crippen LogP contribution in [0.5, 0.6) is 0 Å². The zero-order valence-electron chi connectivity index (χ0n) is 5.60. The number of halogens is 5. The lowest BCUT2D eigenvalue weighted by Crippen LogP contribution is -2.35. The molecule has 0 bridgehead atoms. The Morgan fingerprint density at radius 2 is 1.55 bits per heavy atom. The summed E-state index contributed by atoms with van der Waals surface area (Å²) in [5, 5.41) is 0. The molecule has 64 valence electrons. The maximum absolute atomic E-state index is 11.9. The van der Waals surface area contributed by atoms with Gasteiger partial charge in [-0.2, -0.15) is 22.0 Å². The van der Waals surface area contributed by atoms with Crippen LogP contribution in [0.4, 0.5) is 22.0 Å². The molecule has 0 aliphatic carbocycles. The van der Waals surface area contributed by atoms with Crippen LogP contribution in [0.15, 0.2) is 0 Å². The van der Waals surface area contributed by atoms with Crippen LogP contribution in [0.3, 0.4) is 0 Å². The monoisotopic (exact) mass is 172 g/mol. The number of hydrogen-bond donors (Lipinski definition) is 0. The number of alkyl halides is 5. The maximum atomic E-state index is 11.9. The highest BCUT2D eigenvalue weighted by atomic mass is 19.4. The van der Waals surface area contributed by atoms with E-state index in [1.165, 1.54) is 6.92 Å². The minimum absolute atomic E-state index is 1.20. The zero-order chi connectivity index (χ0) is 9.12. The van der Waals surface area contributed by atoms with Crippen LogP contribution in [0.25, 0.3) is 0 Å². The molecule has 0 nitrogen and oxygen atoms in total. The minimum atomic E-state index is -5.49. The molecular formula is C6H5F5. The first-order valence-electron chi connectivity index (χ1n) is 2.65. The molecule has 0 aromatic rings. The molecule has 0 amide bonds. The molecule has 0 radical (unpaired) electrons. The highest BCUT2D eigenvalue weighted by Crippen LogP contribution is 2.37. The van der Waals surface area contributed by atoms with Gasteiger partial charge in [-0.05, 0) is 6.92 Å². The normalized spacial score (nSPS) is 12.2. The Hall–Kier alpha value is -0.790. The van der Waals surface area contributed by atoms with Gasteiger partial charge in [-0.15, -0.1) is 5.92 Å². The average molecular weight is 172 g/mol. The highest BCUT2D eigenvalue weighted by molar-refractivity contribution is 5.00. The van der Waals surface area contributed by atoms with Gasteiger partial charge >= 0.3 is 12.1 Å². The van der Waals surface area contributed by atoms with E-state index in [1.807, 2.05) is 5.92 Å². The SMILES string of the molecule is CC#CCC(F)(F)C(F)(F)F. The lowest BCUT2D eigenvalue weighted by atomic mass is 10.2. The molecule has 0 aromatic carbocycles. The lowest BCUT2D eigenvalue weighted by Gasteiger charge is -2.16. The molecule has 0 saturated carbocycles. The average Bonchev–Trinajstić information content (AvgIpc) is 1.81. The summed E-state index contributed by atoms with van der Waals surface area (Å²) in [5.74, 6) is -1.04. The molecule has 0 aliphatic heterocycles. The van der Waals surface area contributed by atoms with Crippen LogP contribution in [0.1, 0.15) is 13.3 Å². The second kappa shape index (κ2) is 3.07. The van der Waals surface area contributed by atoms with Crippen molar-refractivity contribution in [3.63, 3.8) is 0 Å². The topological polar surface area (TPSA) is 0 Å². The smallest absolute Gasteiger partial charge is 0.195 e. The van der Waals surface area contributed by atoms with E-state index in [2.05, 4.69) is 0 Å². The molecule has 0 saturated heterocycles. The third-order valence-corrected chi connectivity index (χ3v) is 0.902.